The highest BCUT2D eigenvalue weighted by Gasteiger charge is 2.17. The molecule has 1 aromatic carbocycles. The maximum Gasteiger partial charge on any atom is 0.217 e. The normalized spacial score (nSPS) is 19.3. The number of nitrogens with one attached hydrogen (secondary N) is 1. The van der Waals surface area contributed by atoms with Crippen molar-refractivity contribution < 1.29 is 9.15 Å². The minimum atomic E-state index is -0.0252. The molecule has 4 rings (SSSR count). The fourth-order valence-corrected chi connectivity index (χ4v) is 2.92. The molecule has 2 aromatic heterocycles. The highest BCUT2D eigenvalue weighted by Crippen LogP contribution is 2.23. The summed E-state index contributed by atoms with van der Waals surface area (Å²) >= 11 is 0. The zero-order valence-corrected chi connectivity index (χ0v) is 13.1. The SMILES string of the molecule is C[C@@H](Nc1cnn(C[C@H]2CCCO2)c1)c1nc2ccccc2o1. The van der Waals surface area contributed by atoms with Gasteiger partial charge in [0.15, 0.2) is 5.58 Å². The van der Waals surface area contributed by atoms with E-state index in [-0.39, 0.29) is 12.1 Å². The van der Waals surface area contributed by atoms with Gasteiger partial charge in [0.2, 0.25) is 5.89 Å². The Hall–Kier alpha value is -2.34. The first kappa shape index (κ1) is 14.3. The number of hydrogen-bond acceptors (Lipinski definition) is 5. The molecule has 0 radical (unpaired) electrons. The number of fused-ring (bicyclic) bond motifs is 1. The average molecular weight is 312 g/mol. The van der Waals surface area contributed by atoms with Crippen molar-refractivity contribution >= 4 is 16.8 Å². The minimum absolute atomic E-state index is 0.0252. The van der Waals surface area contributed by atoms with Crippen LogP contribution in [0.1, 0.15) is 31.7 Å². The molecule has 120 valence electrons. The van der Waals surface area contributed by atoms with E-state index in [2.05, 4.69) is 15.4 Å². The third-order valence-electron chi connectivity index (χ3n) is 4.11. The minimum Gasteiger partial charge on any atom is -0.438 e. The Labute approximate surface area is 134 Å². The van der Waals surface area contributed by atoms with Gasteiger partial charge in [-0.2, -0.15) is 5.10 Å². The number of benzene rings is 1. The number of oxazole rings is 1. The summed E-state index contributed by atoms with van der Waals surface area (Å²) in [6, 6.07) is 7.77. The zero-order valence-electron chi connectivity index (χ0n) is 13.1. The van der Waals surface area contributed by atoms with E-state index in [1.807, 2.05) is 48.3 Å². The fourth-order valence-electron chi connectivity index (χ4n) is 2.92. The molecule has 1 saturated heterocycles. The van der Waals surface area contributed by atoms with E-state index in [9.17, 15) is 0 Å². The molecule has 6 nitrogen and oxygen atoms in total. The van der Waals surface area contributed by atoms with Crippen molar-refractivity contribution in [1.82, 2.24) is 14.8 Å². The molecule has 0 aliphatic carbocycles. The fraction of sp³-hybridized carbons (Fsp3) is 0.412. The number of rotatable bonds is 5. The highest BCUT2D eigenvalue weighted by atomic mass is 16.5. The van der Waals surface area contributed by atoms with Crippen molar-refractivity contribution in [2.45, 2.75) is 38.5 Å². The van der Waals surface area contributed by atoms with Crippen LogP contribution in [-0.2, 0) is 11.3 Å². The van der Waals surface area contributed by atoms with Crippen molar-refractivity contribution in [3.8, 4) is 0 Å². The lowest BCUT2D eigenvalue weighted by molar-refractivity contribution is 0.0940. The summed E-state index contributed by atoms with van der Waals surface area (Å²) in [4.78, 5) is 4.52. The summed E-state index contributed by atoms with van der Waals surface area (Å²) in [5, 5.41) is 7.78. The second kappa shape index (κ2) is 6.04. The Kier molecular flexibility index (Phi) is 3.75. The Balaban J connectivity index is 1.43. The Morgan fingerprint density at radius 3 is 3.13 bits per heavy atom. The zero-order chi connectivity index (χ0) is 15.6. The van der Waals surface area contributed by atoms with Crippen LogP contribution in [-0.4, -0.2) is 27.5 Å². The highest BCUT2D eigenvalue weighted by molar-refractivity contribution is 5.72. The predicted molar refractivity (Wildman–Crippen MR) is 87.2 cm³/mol. The first-order valence-corrected chi connectivity index (χ1v) is 8.04. The van der Waals surface area contributed by atoms with Gasteiger partial charge in [-0.05, 0) is 31.9 Å². The quantitative estimate of drug-likeness (QED) is 0.782. The largest absolute Gasteiger partial charge is 0.438 e. The molecular weight excluding hydrogens is 292 g/mol. The van der Waals surface area contributed by atoms with Gasteiger partial charge < -0.3 is 14.5 Å². The van der Waals surface area contributed by atoms with Crippen LogP contribution in [0.5, 0.6) is 0 Å². The van der Waals surface area contributed by atoms with Crippen molar-refractivity contribution in [3.63, 3.8) is 0 Å². The Bertz CT molecular complexity index is 756. The molecule has 1 N–H and O–H groups in total. The van der Waals surface area contributed by atoms with Crippen LogP contribution in [0.4, 0.5) is 5.69 Å². The lowest BCUT2D eigenvalue weighted by Gasteiger charge is -2.10. The summed E-state index contributed by atoms with van der Waals surface area (Å²) in [6.45, 7) is 3.70. The van der Waals surface area contributed by atoms with Gasteiger partial charge in [-0.15, -0.1) is 0 Å². The van der Waals surface area contributed by atoms with Crippen LogP contribution in [0, 0.1) is 0 Å². The molecule has 2 atom stereocenters. The number of ether oxygens (including phenoxy) is 1. The molecule has 0 spiro atoms. The van der Waals surface area contributed by atoms with Gasteiger partial charge in [0.25, 0.3) is 0 Å². The summed E-state index contributed by atoms with van der Waals surface area (Å²) in [6.07, 6.45) is 6.38. The first-order chi connectivity index (χ1) is 11.3. The van der Waals surface area contributed by atoms with Crippen molar-refractivity contribution in [1.29, 1.82) is 0 Å². The average Bonchev–Trinajstić information content (AvgIpc) is 3.28. The second-order valence-corrected chi connectivity index (χ2v) is 5.97. The summed E-state index contributed by atoms with van der Waals surface area (Å²) in [7, 11) is 0. The van der Waals surface area contributed by atoms with Gasteiger partial charge in [-0.3, -0.25) is 4.68 Å². The molecule has 0 bridgehead atoms. The number of anilines is 1. The van der Waals surface area contributed by atoms with Gasteiger partial charge in [0, 0.05) is 12.8 Å². The molecule has 23 heavy (non-hydrogen) atoms. The standard InChI is InChI=1S/C17H20N4O2/c1-12(17-20-15-6-2-3-7-16(15)23-17)19-13-9-18-21(10-13)11-14-5-4-8-22-14/h2-3,6-7,9-10,12,14,19H,4-5,8,11H2,1H3/t12-,14-/m1/s1. The smallest absolute Gasteiger partial charge is 0.217 e. The third kappa shape index (κ3) is 3.07. The van der Waals surface area contributed by atoms with E-state index in [1.165, 1.54) is 0 Å². The molecule has 1 aliphatic heterocycles. The molecular formula is C17H20N4O2. The monoisotopic (exact) mass is 312 g/mol. The van der Waals surface area contributed by atoms with Crippen molar-refractivity contribution in [2.24, 2.45) is 0 Å². The molecule has 1 fully saturated rings. The predicted octanol–water partition coefficient (Wildman–Crippen LogP) is 3.38. The van der Waals surface area contributed by atoms with Crippen LogP contribution in [0.15, 0.2) is 41.1 Å². The Morgan fingerprint density at radius 2 is 2.30 bits per heavy atom. The Morgan fingerprint density at radius 1 is 1.39 bits per heavy atom. The van der Waals surface area contributed by atoms with Crippen molar-refractivity contribution in [3.05, 3.63) is 42.5 Å². The molecule has 0 unspecified atom stereocenters. The molecule has 3 heterocycles. The lowest BCUT2D eigenvalue weighted by atomic mass is 10.2. The van der Waals surface area contributed by atoms with Crippen LogP contribution in [0.3, 0.4) is 0 Å². The van der Waals surface area contributed by atoms with Crippen molar-refractivity contribution in [2.75, 3.05) is 11.9 Å². The van der Waals surface area contributed by atoms with E-state index in [1.54, 1.807) is 0 Å². The van der Waals surface area contributed by atoms with E-state index in [4.69, 9.17) is 9.15 Å². The number of para-hydroxylation sites is 2. The van der Waals surface area contributed by atoms with E-state index in [0.717, 1.165) is 42.8 Å². The number of nitrogens with zero attached hydrogens (tertiary/aromatic N) is 3. The van der Waals surface area contributed by atoms with Gasteiger partial charge in [-0.25, -0.2) is 4.98 Å². The molecule has 1 aliphatic rings. The van der Waals surface area contributed by atoms with E-state index < -0.39 is 0 Å². The lowest BCUT2D eigenvalue weighted by Crippen LogP contribution is -2.15. The molecule has 0 saturated carbocycles. The van der Waals surface area contributed by atoms with Gasteiger partial charge in [-0.1, -0.05) is 12.1 Å². The maximum absolute atomic E-state index is 5.80. The van der Waals surface area contributed by atoms with E-state index in [0.29, 0.717) is 5.89 Å². The van der Waals surface area contributed by atoms with Crippen LogP contribution in [0.25, 0.3) is 11.1 Å². The third-order valence-corrected chi connectivity index (χ3v) is 4.11. The first-order valence-electron chi connectivity index (χ1n) is 8.04. The van der Waals surface area contributed by atoms with E-state index >= 15 is 0 Å². The maximum atomic E-state index is 5.80. The number of aromatic nitrogens is 3. The van der Waals surface area contributed by atoms with Gasteiger partial charge in [0.05, 0.1) is 24.5 Å². The molecule has 0 amide bonds. The second-order valence-electron chi connectivity index (χ2n) is 5.97. The molecule has 6 heteroatoms. The number of hydrogen-bond donors (Lipinski definition) is 1. The summed E-state index contributed by atoms with van der Waals surface area (Å²) in [5.41, 5.74) is 2.65. The van der Waals surface area contributed by atoms with Crippen LogP contribution in [0.2, 0.25) is 0 Å². The van der Waals surface area contributed by atoms with Crippen LogP contribution < -0.4 is 5.32 Å². The topological polar surface area (TPSA) is 65.1 Å². The summed E-state index contributed by atoms with van der Waals surface area (Å²) in [5.74, 6) is 0.679. The molecule has 3 aromatic rings. The summed E-state index contributed by atoms with van der Waals surface area (Å²) < 4.78 is 13.4. The van der Waals surface area contributed by atoms with Crippen LogP contribution >= 0.6 is 0 Å². The van der Waals surface area contributed by atoms with Gasteiger partial charge >= 0.3 is 0 Å². The van der Waals surface area contributed by atoms with Gasteiger partial charge in [0.1, 0.15) is 11.6 Å².